The van der Waals surface area contributed by atoms with Gasteiger partial charge in [-0.15, -0.1) is 11.3 Å². The van der Waals surface area contributed by atoms with E-state index in [4.69, 9.17) is 5.73 Å². The van der Waals surface area contributed by atoms with Crippen LogP contribution >= 0.6 is 23.1 Å². The number of hydrogen-bond donors (Lipinski definition) is 1. The van der Waals surface area contributed by atoms with Crippen LogP contribution in [0.4, 0.5) is 0 Å². The van der Waals surface area contributed by atoms with E-state index in [0.717, 1.165) is 11.8 Å². The summed E-state index contributed by atoms with van der Waals surface area (Å²) in [4.78, 5) is 5.30. The minimum atomic E-state index is 0.678. The fourth-order valence-corrected chi connectivity index (χ4v) is 3.89. The Kier molecular flexibility index (Phi) is 4.08. The Morgan fingerprint density at radius 3 is 2.93 bits per heavy atom. The van der Waals surface area contributed by atoms with Gasteiger partial charge in [-0.3, -0.25) is 4.90 Å². The number of hydrogen-bond acceptors (Lipinski definition) is 4. The van der Waals surface area contributed by atoms with Gasteiger partial charge >= 0.3 is 0 Å². The van der Waals surface area contributed by atoms with Gasteiger partial charge in [0.15, 0.2) is 0 Å². The molecule has 2 nitrogen and oxygen atoms in total. The topological polar surface area (TPSA) is 29.3 Å². The predicted molar refractivity (Wildman–Crippen MR) is 69.4 cm³/mol. The first kappa shape index (κ1) is 11.5. The lowest BCUT2D eigenvalue weighted by Gasteiger charge is -2.29. The highest BCUT2D eigenvalue weighted by molar-refractivity contribution is 7.99. The number of thiophene rings is 1. The van der Waals surface area contributed by atoms with Crippen molar-refractivity contribution in [3.05, 3.63) is 21.9 Å². The number of thioether (sulfide) groups is 1. The fourth-order valence-electron chi connectivity index (χ4n) is 1.87. The van der Waals surface area contributed by atoms with Crippen molar-refractivity contribution in [3.63, 3.8) is 0 Å². The molecule has 4 heteroatoms. The van der Waals surface area contributed by atoms with E-state index in [9.17, 15) is 0 Å². The Morgan fingerprint density at radius 1 is 1.47 bits per heavy atom. The maximum atomic E-state index is 5.61. The number of rotatable bonds is 3. The second kappa shape index (κ2) is 5.34. The summed E-state index contributed by atoms with van der Waals surface area (Å²) in [6, 6.07) is 4.38. The van der Waals surface area contributed by atoms with Crippen LogP contribution < -0.4 is 5.73 Å². The third kappa shape index (κ3) is 3.21. The van der Waals surface area contributed by atoms with E-state index < -0.39 is 0 Å². The summed E-state index contributed by atoms with van der Waals surface area (Å²) in [5.74, 6) is 1.27. The molecule has 0 bridgehead atoms. The summed E-state index contributed by atoms with van der Waals surface area (Å²) in [5, 5.41) is 0.785. The minimum absolute atomic E-state index is 0.678. The maximum Gasteiger partial charge on any atom is 0.0328 e. The van der Waals surface area contributed by atoms with Crippen LogP contribution in [0.1, 0.15) is 16.7 Å². The van der Waals surface area contributed by atoms with Gasteiger partial charge in [-0.1, -0.05) is 6.92 Å². The molecule has 1 aromatic rings. The summed E-state index contributed by atoms with van der Waals surface area (Å²) in [6.45, 7) is 6.55. The fraction of sp³-hybridized carbons (Fsp3) is 0.636. The van der Waals surface area contributed by atoms with Gasteiger partial charge in [-0.05, 0) is 12.1 Å². The van der Waals surface area contributed by atoms with Crippen LogP contribution in [0.3, 0.4) is 0 Å². The number of nitrogens with two attached hydrogens (primary N) is 1. The molecule has 0 spiro atoms. The van der Waals surface area contributed by atoms with Crippen LogP contribution in [-0.2, 0) is 13.1 Å². The zero-order valence-corrected chi connectivity index (χ0v) is 10.7. The van der Waals surface area contributed by atoms with E-state index in [1.54, 1.807) is 0 Å². The first-order chi connectivity index (χ1) is 7.28. The van der Waals surface area contributed by atoms with Gasteiger partial charge in [0.2, 0.25) is 0 Å². The van der Waals surface area contributed by atoms with Crippen molar-refractivity contribution >= 4 is 23.1 Å². The Balaban J connectivity index is 1.90. The Hall–Kier alpha value is -0.0300. The highest BCUT2D eigenvalue weighted by Gasteiger charge is 2.16. The highest BCUT2D eigenvalue weighted by atomic mass is 32.2. The number of nitrogens with zero attached hydrogens (tertiary/aromatic N) is 1. The van der Waals surface area contributed by atoms with Crippen molar-refractivity contribution in [2.75, 3.05) is 18.8 Å². The SMILES string of the molecule is CC1CN(Cc2ccc(CN)s2)CCS1. The second-order valence-corrected chi connectivity index (χ2v) is 6.79. The van der Waals surface area contributed by atoms with E-state index >= 15 is 0 Å². The summed E-state index contributed by atoms with van der Waals surface area (Å²) in [5.41, 5.74) is 5.61. The van der Waals surface area contributed by atoms with Gasteiger partial charge in [0.25, 0.3) is 0 Å². The molecule has 0 amide bonds. The minimum Gasteiger partial charge on any atom is -0.326 e. The zero-order valence-electron chi connectivity index (χ0n) is 9.11. The van der Waals surface area contributed by atoms with E-state index in [1.807, 2.05) is 11.3 Å². The lowest BCUT2D eigenvalue weighted by molar-refractivity contribution is 0.281. The van der Waals surface area contributed by atoms with Gasteiger partial charge < -0.3 is 5.73 Å². The smallest absolute Gasteiger partial charge is 0.0328 e. The molecule has 1 aliphatic heterocycles. The monoisotopic (exact) mass is 242 g/mol. The maximum absolute atomic E-state index is 5.61. The van der Waals surface area contributed by atoms with Crippen molar-refractivity contribution in [3.8, 4) is 0 Å². The van der Waals surface area contributed by atoms with Gasteiger partial charge in [-0.2, -0.15) is 11.8 Å². The molecule has 84 valence electrons. The van der Waals surface area contributed by atoms with Crippen LogP contribution in [0.15, 0.2) is 12.1 Å². The molecular weight excluding hydrogens is 224 g/mol. The molecule has 1 aromatic heterocycles. The lowest BCUT2D eigenvalue weighted by atomic mass is 10.3. The third-order valence-corrected chi connectivity index (χ3v) is 4.85. The largest absolute Gasteiger partial charge is 0.326 e. The van der Waals surface area contributed by atoms with E-state index in [0.29, 0.717) is 6.54 Å². The van der Waals surface area contributed by atoms with Crippen LogP contribution in [0.25, 0.3) is 0 Å². The van der Waals surface area contributed by atoms with Crippen molar-refractivity contribution in [1.82, 2.24) is 4.90 Å². The summed E-state index contributed by atoms with van der Waals surface area (Å²) in [6.07, 6.45) is 0. The van der Waals surface area contributed by atoms with Crippen LogP contribution in [0, 0.1) is 0 Å². The average molecular weight is 242 g/mol. The highest BCUT2D eigenvalue weighted by Crippen LogP contribution is 2.22. The van der Waals surface area contributed by atoms with Gasteiger partial charge in [0.05, 0.1) is 0 Å². The average Bonchev–Trinajstić information content (AvgIpc) is 2.65. The first-order valence-electron chi connectivity index (χ1n) is 5.39. The van der Waals surface area contributed by atoms with Crippen LogP contribution in [0.5, 0.6) is 0 Å². The molecule has 2 N–H and O–H groups in total. The van der Waals surface area contributed by atoms with Gasteiger partial charge in [0.1, 0.15) is 0 Å². The summed E-state index contributed by atoms with van der Waals surface area (Å²) in [7, 11) is 0. The molecule has 2 heterocycles. The van der Waals surface area contributed by atoms with E-state index in [2.05, 4.69) is 35.7 Å². The molecule has 0 aromatic carbocycles. The first-order valence-corrected chi connectivity index (χ1v) is 7.26. The van der Waals surface area contributed by atoms with Crippen molar-refractivity contribution in [2.24, 2.45) is 5.73 Å². The zero-order chi connectivity index (χ0) is 10.7. The van der Waals surface area contributed by atoms with E-state index in [1.165, 1.54) is 28.6 Å². The quantitative estimate of drug-likeness (QED) is 0.880. The summed E-state index contributed by atoms with van der Waals surface area (Å²) >= 11 is 3.94. The molecule has 1 aliphatic rings. The molecule has 1 unspecified atom stereocenters. The molecule has 2 rings (SSSR count). The second-order valence-electron chi connectivity index (χ2n) is 3.99. The van der Waals surface area contributed by atoms with Gasteiger partial charge in [-0.25, -0.2) is 0 Å². The summed E-state index contributed by atoms with van der Waals surface area (Å²) < 4.78 is 0. The predicted octanol–water partition coefficient (Wildman–Crippen LogP) is 2.14. The molecule has 1 saturated heterocycles. The Labute approximate surface area is 99.8 Å². The molecule has 0 aliphatic carbocycles. The molecule has 15 heavy (non-hydrogen) atoms. The normalized spacial score (nSPS) is 23.2. The van der Waals surface area contributed by atoms with Crippen molar-refractivity contribution in [1.29, 1.82) is 0 Å². The van der Waals surface area contributed by atoms with Crippen LogP contribution in [0.2, 0.25) is 0 Å². The molecule has 0 radical (unpaired) electrons. The standard InChI is InChI=1S/C11H18N2S2/c1-9-7-13(4-5-14-9)8-11-3-2-10(6-12)15-11/h2-3,9H,4-8,12H2,1H3. The molecule has 1 atom stereocenters. The lowest BCUT2D eigenvalue weighted by Crippen LogP contribution is -2.35. The Bertz CT molecular complexity index is 311. The van der Waals surface area contributed by atoms with E-state index in [-0.39, 0.29) is 0 Å². The molecular formula is C11H18N2S2. The Morgan fingerprint density at radius 2 is 2.27 bits per heavy atom. The van der Waals surface area contributed by atoms with Gasteiger partial charge in [0, 0.05) is 46.9 Å². The van der Waals surface area contributed by atoms with Crippen molar-refractivity contribution in [2.45, 2.75) is 25.3 Å². The van der Waals surface area contributed by atoms with Crippen molar-refractivity contribution < 1.29 is 0 Å². The molecule has 1 fully saturated rings. The van der Waals surface area contributed by atoms with Crippen LogP contribution in [-0.4, -0.2) is 29.0 Å². The molecule has 0 saturated carbocycles. The third-order valence-electron chi connectivity index (χ3n) is 2.62.